The lowest BCUT2D eigenvalue weighted by atomic mass is 9.96. The number of rotatable bonds is 17. The number of ether oxygens (including phenoxy) is 1. The number of aliphatic hydroxyl groups is 1. The van der Waals surface area contributed by atoms with Crippen LogP contribution < -0.4 is 20.7 Å². The number of unbranched alkanes of at least 4 members (excludes halogenated alkanes) is 1. The van der Waals surface area contributed by atoms with E-state index in [4.69, 9.17) is 14.8 Å². The third kappa shape index (κ3) is 18.3. The summed E-state index contributed by atoms with van der Waals surface area (Å²) in [5.41, 5.74) is 9.99. The highest BCUT2D eigenvalue weighted by molar-refractivity contribution is 5.89. The number of H-pyrrole nitrogens is 1. The molecule has 1 aliphatic carbocycles. The molecule has 2 heterocycles. The molecule has 1 saturated carbocycles. The van der Waals surface area contributed by atoms with Crippen molar-refractivity contribution in [1.29, 1.82) is 0 Å². The Labute approximate surface area is 361 Å². The van der Waals surface area contributed by atoms with E-state index in [1.807, 2.05) is 40.9 Å². The SMILES string of the molecule is C1CC1.C=C(CC(C)C)N(CCC)Cc1ncc(-c2ccc3c(c2)OCNc2ccc(/C(=C/NCN(CCCC)C(C)(C)C)NC)cc2/C=C/3CC)[nH]1.CC.CC.CO. The minimum absolute atomic E-state index is 0.101. The highest BCUT2D eigenvalue weighted by Crippen LogP contribution is 2.36. The zero-order chi connectivity index (χ0) is 44.4. The third-order valence-corrected chi connectivity index (χ3v) is 9.64. The van der Waals surface area contributed by atoms with Crippen LogP contribution in [0.4, 0.5) is 5.69 Å². The Hall–Kier alpha value is -4.21. The second-order valence-electron chi connectivity index (χ2n) is 15.8. The first-order valence-corrected chi connectivity index (χ1v) is 22.6. The monoisotopic (exact) mass is 816 g/mol. The molecule has 0 unspecified atom stereocenters. The van der Waals surface area contributed by atoms with E-state index in [-0.39, 0.29) is 5.54 Å². The van der Waals surface area contributed by atoms with E-state index in [2.05, 4.69) is 141 Å². The van der Waals surface area contributed by atoms with Crippen molar-refractivity contribution < 1.29 is 9.84 Å². The number of aromatic nitrogens is 2. The van der Waals surface area contributed by atoms with E-state index in [9.17, 15) is 0 Å². The summed E-state index contributed by atoms with van der Waals surface area (Å²) in [5, 5.41) is 17.5. The first-order chi connectivity index (χ1) is 28.5. The normalized spacial score (nSPS) is 13.7. The Balaban J connectivity index is 0.00000177. The first kappa shape index (κ1) is 52.8. The van der Waals surface area contributed by atoms with Gasteiger partial charge in [-0.2, -0.15) is 0 Å². The van der Waals surface area contributed by atoms with Crippen molar-refractivity contribution in [2.75, 3.05) is 46.0 Å². The summed E-state index contributed by atoms with van der Waals surface area (Å²) < 4.78 is 6.42. The third-order valence-electron chi connectivity index (χ3n) is 9.64. The molecule has 0 atom stereocenters. The molecule has 0 bridgehead atoms. The Morgan fingerprint density at radius 2 is 1.68 bits per heavy atom. The van der Waals surface area contributed by atoms with Gasteiger partial charge in [-0.05, 0) is 93.3 Å². The Morgan fingerprint density at radius 3 is 2.25 bits per heavy atom. The number of hydrogen-bond acceptors (Lipinski definition) is 8. The molecule has 2 aromatic carbocycles. The molecule has 1 aromatic heterocycles. The highest BCUT2D eigenvalue weighted by atomic mass is 16.5. The van der Waals surface area contributed by atoms with E-state index in [0.29, 0.717) is 12.6 Å². The van der Waals surface area contributed by atoms with Crippen molar-refractivity contribution in [3.05, 3.63) is 83.6 Å². The maximum Gasteiger partial charge on any atom is 0.159 e. The smallest absolute Gasteiger partial charge is 0.159 e. The van der Waals surface area contributed by atoms with Crippen LogP contribution >= 0.6 is 0 Å². The Morgan fingerprint density at radius 1 is 0.983 bits per heavy atom. The Kier molecular flexibility index (Phi) is 26.0. The molecule has 5 rings (SSSR count). The van der Waals surface area contributed by atoms with Gasteiger partial charge in [0.1, 0.15) is 11.6 Å². The van der Waals surface area contributed by atoms with Crippen LogP contribution in [-0.2, 0) is 6.54 Å². The minimum Gasteiger partial charge on any atom is -0.473 e. The van der Waals surface area contributed by atoms with Crippen molar-refractivity contribution in [2.45, 2.75) is 147 Å². The summed E-state index contributed by atoms with van der Waals surface area (Å²) in [5.74, 6) is 2.37. The standard InChI is InChI=1S/C42H63N7O.C3H6.2C2H6.CH4O/c1-11-14-20-49(42(7,8)9)28-44-25-38(43-10)33-16-18-37-35(23-33)22-32(13-3)36-17-15-34(24-40(36)50-29-46-37)39-26-45-41(47-39)27-48(19-12-2)31(6)21-30(4)5;1-2-3-1;3*1-2/h15-18,22-26,30,43-44,46H,6,11-14,19-21,27-29H2,1-5,7-10H3,(H,45,47);1-3H2;2*1-2H3;2H,1H3/b32-22+,38-25-;;;;. The number of hydrogen-bond donors (Lipinski definition) is 5. The van der Waals surface area contributed by atoms with Crippen LogP contribution in [0.3, 0.4) is 0 Å². The van der Waals surface area contributed by atoms with Gasteiger partial charge in [0.05, 0.1) is 30.8 Å². The molecule has 3 aromatic rings. The van der Waals surface area contributed by atoms with Gasteiger partial charge in [0.25, 0.3) is 0 Å². The Bertz CT molecular complexity index is 1660. The summed E-state index contributed by atoms with van der Waals surface area (Å²) in [6.45, 7) is 34.3. The first-order valence-electron chi connectivity index (χ1n) is 22.6. The number of benzene rings is 2. The second kappa shape index (κ2) is 29.1. The van der Waals surface area contributed by atoms with Gasteiger partial charge in [-0.15, -0.1) is 0 Å². The lowest BCUT2D eigenvalue weighted by Crippen LogP contribution is -2.46. The molecular weight excluding hydrogens is 731 g/mol. The largest absolute Gasteiger partial charge is 0.473 e. The van der Waals surface area contributed by atoms with Crippen LogP contribution in [0.5, 0.6) is 5.75 Å². The van der Waals surface area contributed by atoms with E-state index < -0.39 is 0 Å². The molecule has 0 radical (unpaired) electrons. The predicted molar refractivity (Wildman–Crippen MR) is 258 cm³/mol. The summed E-state index contributed by atoms with van der Waals surface area (Å²) in [6, 6.07) is 13.1. The summed E-state index contributed by atoms with van der Waals surface area (Å²) >= 11 is 0. The predicted octanol–water partition coefficient (Wildman–Crippen LogP) is 12.4. The van der Waals surface area contributed by atoms with Gasteiger partial charge >= 0.3 is 0 Å². The van der Waals surface area contributed by atoms with E-state index in [1.165, 1.54) is 43.4 Å². The zero-order valence-corrected chi connectivity index (χ0v) is 39.9. The number of nitrogens with zero attached hydrogens (tertiary/aromatic N) is 3. The number of nitrogens with one attached hydrogen (secondary N) is 4. The lowest BCUT2D eigenvalue weighted by Gasteiger charge is -2.35. The zero-order valence-electron chi connectivity index (χ0n) is 39.9. The van der Waals surface area contributed by atoms with Crippen molar-refractivity contribution in [3.8, 4) is 17.0 Å². The van der Waals surface area contributed by atoms with Crippen LogP contribution in [-0.4, -0.2) is 71.1 Å². The van der Waals surface area contributed by atoms with Crippen molar-refractivity contribution in [1.82, 2.24) is 30.4 Å². The van der Waals surface area contributed by atoms with E-state index in [1.54, 1.807) is 0 Å². The van der Waals surface area contributed by atoms with Crippen molar-refractivity contribution in [2.24, 2.45) is 5.92 Å². The van der Waals surface area contributed by atoms with Crippen LogP contribution in [0.25, 0.3) is 28.6 Å². The molecule has 0 amide bonds. The summed E-state index contributed by atoms with van der Waals surface area (Å²) in [7, 11) is 2.98. The molecule has 9 nitrogen and oxygen atoms in total. The average Bonchev–Trinajstić information content (AvgIpc) is 4.05. The lowest BCUT2D eigenvalue weighted by molar-refractivity contribution is 0.128. The highest BCUT2D eigenvalue weighted by Gasteiger charge is 2.20. The van der Waals surface area contributed by atoms with Gasteiger partial charge in [-0.3, -0.25) is 4.90 Å². The van der Waals surface area contributed by atoms with Crippen LogP contribution in [0.15, 0.2) is 61.1 Å². The van der Waals surface area contributed by atoms with Gasteiger partial charge in [0, 0.05) is 61.5 Å². The van der Waals surface area contributed by atoms with Gasteiger partial charge in [-0.1, -0.05) is 113 Å². The fraction of sp³-hybridized carbons (Fsp3) is 0.580. The van der Waals surface area contributed by atoms with Crippen molar-refractivity contribution in [3.63, 3.8) is 0 Å². The van der Waals surface area contributed by atoms with E-state index >= 15 is 0 Å². The fourth-order valence-electron chi connectivity index (χ4n) is 6.38. The molecule has 1 fully saturated rings. The number of fused-ring (bicyclic) bond motifs is 2. The number of anilines is 1. The molecule has 59 heavy (non-hydrogen) atoms. The molecule has 332 valence electrons. The van der Waals surface area contributed by atoms with Gasteiger partial charge in [0.2, 0.25) is 0 Å². The average molecular weight is 816 g/mol. The molecule has 1 aliphatic heterocycles. The molecule has 0 saturated heterocycles. The van der Waals surface area contributed by atoms with Gasteiger partial charge < -0.3 is 35.7 Å². The van der Waals surface area contributed by atoms with Crippen LogP contribution in [0.2, 0.25) is 0 Å². The maximum absolute atomic E-state index is 7.00. The van der Waals surface area contributed by atoms with E-state index in [0.717, 1.165) is 104 Å². The van der Waals surface area contributed by atoms with Gasteiger partial charge in [-0.25, -0.2) is 4.98 Å². The molecule has 2 aliphatic rings. The quantitative estimate of drug-likeness (QED) is 0.0859. The summed E-state index contributed by atoms with van der Waals surface area (Å²) in [6.07, 6.45) is 16.1. The second-order valence-corrected chi connectivity index (χ2v) is 15.8. The fourth-order valence-corrected chi connectivity index (χ4v) is 6.38. The molecule has 9 heteroatoms. The summed E-state index contributed by atoms with van der Waals surface area (Å²) in [4.78, 5) is 13.2. The number of imidazole rings is 1. The maximum atomic E-state index is 7.00. The molecular formula is C50H85N7O2. The molecule has 0 spiro atoms. The molecule has 5 N–H and O–H groups in total. The topological polar surface area (TPSA) is 101 Å². The number of aromatic amines is 1. The number of allylic oxidation sites excluding steroid dienone is 2. The van der Waals surface area contributed by atoms with Crippen LogP contribution in [0, 0.1) is 5.92 Å². The number of aliphatic hydroxyl groups excluding tert-OH is 1. The van der Waals surface area contributed by atoms with Gasteiger partial charge in [0.15, 0.2) is 6.73 Å². The van der Waals surface area contributed by atoms with Crippen LogP contribution in [0.1, 0.15) is 157 Å². The van der Waals surface area contributed by atoms with Crippen molar-refractivity contribution >= 4 is 23.0 Å². The minimum atomic E-state index is 0.101.